The molecular formula is C12H16N6O. The minimum absolute atomic E-state index is 0.547. The summed E-state index contributed by atoms with van der Waals surface area (Å²) in [6, 6.07) is 3.64. The van der Waals surface area contributed by atoms with Crippen LogP contribution in [0.2, 0.25) is 0 Å². The molecule has 1 fully saturated rings. The van der Waals surface area contributed by atoms with E-state index in [0.29, 0.717) is 24.7 Å². The summed E-state index contributed by atoms with van der Waals surface area (Å²) in [5.74, 6) is 1.41. The molecule has 0 atom stereocenters. The Morgan fingerprint density at radius 2 is 2.00 bits per heavy atom. The summed E-state index contributed by atoms with van der Waals surface area (Å²) in [5, 5.41) is 4.17. The lowest BCUT2D eigenvalue weighted by Crippen LogP contribution is -2.36. The number of hydrogen-bond acceptors (Lipinski definition) is 6. The number of nitrogen functional groups attached to an aromatic ring is 2. The number of ether oxygens (including phenoxy) is 1. The Balaban J connectivity index is 1.98. The second-order valence-corrected chi connectivity index (χ2v) is 4.37. The van der Waals surface area contributed by atoms with Crippen molar-refractivity contribution in [3.63, 3.8) is 0 Å². The smallest absolute Gasteiger partial charge is 0.130 e. The molecule has 0 aromatic carbocycles. The minimum atomic E-state index is 0.547. The van der Waals surface area contributed by atoms with Crippen LogP contribution in [-0.4, -0.2) is 41.1 Å². The predicted molar refractivity (Wildman–Crippen MR) is 73.2 cm³/mol. The van der Waals surface area contributed by atoms with Crippen molar-refractivity contribution in [3.05, 3.63) is 24.5 Å². The van der Waals surface area contributed by atoms with E-state index in [0.717, 1.165) is 24.6 Å². The molecule has 7 heteroatoms. The predicted octanol–water partition coefficient (Wildman–Crippen LogP) is 0.268. The van der Waals surface area contributed by atoms with Gasteiger partial charge in [0.15, 0.2) is 0 Å². The minimum Gasteiger partial charge on any atom is -0.396 e. The molecule has 3 heterocycles. The number of aromatic nitrogens is 3. The summed E-state index contributed by atoms with van der Waals surface area (Å²) >= 11 is 0. The zero-order valence-electron chi connectivity index (χ0n) is 10.5. The number of morpholine rings is 1. The van der Waals surface area contributed by atoms with Crippen LogP contribution in [0.3, 0.4) is 0 Å². The summed E-state index contributed by atoms with van der Waals surface area (Å²) in [4.78, 5) is 6.52. The molecule has 1 saturated heterocycles. The highest BCUT2D eigenvalue weighted by Crippen LogP contribution is 2.23. The Bertz CT molecular complexity index is 575. The van der Waals surface area contributed by atoms with Crippen molar-refractivity contribution in [2.24, 2.45) is 0 Å². The second-order valence-electron chi connectivity index (χ2n) is 4.37. The molecule has 1 aliphatic heterocycles. The van der Waals surface area contributed by atoms with E-state index in [-0.39, 0.29) is 0 Å². The first-order valence-electron chi connectivity index (χ1n) is 6.14. The first-order chi connectivity index (χ1) is 9.25. The van der Waals surface area contributed by atoms with Gasteiger partial charge >= 0.3 is 0 Å². The van der Waals surface area contributed by atoms with E-state index in [1.54, 1.807) is 23.1 Å². The molecule has 19 heavy (non-hydrogen) atoms. The van der Waals surface area contributed by atoms with Crippen LogP contribution < -0.4 is 16.4 Å². The van der Waals surface area contributed by atoms with Gasteiger partial charge in [-0.25, -0.2) is 9.67 Å². The summed E-state index contributed by atoms with van der Waals surface area (Å²) in [6.07, 6.45) is 3.28. The highest BCUT2D eigenvalue weighted by atomic mass is 16.5. The number of hydrogen-bond donors (Lipinski definition) is 2. The van der Waals surface area contributed by atoms with Gasteiger partial charge in [-0.3, -0.25) is 0 Å². The highest BCUT2D eigenvalue weighted by molar-refractivity contribution is 5.63. The zero-order chi connectivity index (χ0) is 13.2. The maximum Gasteiger partial charge on any atom is 0.130 e. The van der Waals surface area contributed by atoms with Crippen LogP contribution >= 0.6 is 0 Å². The third kappa shape index (κ3) is 2.19. The normalized spacial score (nSPS) is 15.7. The third-order valence-corrected chi connectivity index (χ3v) is 3.13. The number of nitrogens with zero attached hydrogens (tertiary/aromatic N) is 4. The van der Waals surface area contributed by atoms with Gasteiger partial charge in [0.05, 0.1) is 37.0 Å². The summed E-state index contributed by atoms with van der Waals surface area (Å²) in [5.41, 5.74) is 13.1. The van der Waals surface area contributed by atoms with Crippen molar-refractivity contribution in [3.8, 4) is 5.69 Å². The van der Waals surface area contributed by atoms with Crippen LogP contribution in [0.1, 0.15) is 0 Å². The lowest BCUT2D eigenvalue weighted by molar-refractivity contribution is 0.122. The Morgan fingerprint density at radius 3 is 2.68 bits per heavy atom. The fourth-order valence-corrected chi connectivity index (χ4v) is 2.11. The first kappa shape index (κ1) is 11.8. The monoisotopic (exact) mass is 260 g/mol. The molecule has 0 unspecified atom stereocenters. The van der Waals surface area contributed by atoms with Crippen LogP contribution in [0.15, 0.2) is 24.5 Å². The van der Waals surface area contributed by atoms with Gasteiger partial charge in [0.25, 0.3) is 0 Å². The Hall–Kier alpha value is -2.28. The molecule has 7 nitrogen and oxygen atoms in total. The van der Waals surface area contributed by atoms with E-state index in [1.807, 2.05) is 6.07 Å². The molecule has 0 bridgehead atoms. The molecule has 100 valence electrons. The third-order valence-electron chi connectivity index (χ3n) is 3.13. The molecule has 3 rings (SSSR count). The van der Waals surface area contributed by atoms with Gasteiger partial charge in [0.2, 0.25) is 0 Å². The second kappa shape index (κ2) is 4.77. The van der Waals surface area contributed by atoms with Gasteiger partial charge < -0.3 is 21.1 Å². The molecule has 1 aliphatic rings. The Morgan fingerprint density at radius 1 is 1.21 bits per heavy atom. The summed E-state index contributed by atoms with van der Waals surface area (Å²) in [7, 11) is 0. The topological polar surface area (TPSA) is 95.2 Å². The van der Waals surface area contributed by atoms with Crippen molar-refractivity contribution in [2.45, 2.75) is 0 Å². The van der Waals surface area contributed by atoms with E-state index in [4.69, 9.17) is 16.2 Å². The SMILES string of the molecule is Nc1cnc(N2CCOCC2)cc1-n1nccc1N. The van der Waals surface area contributed by atoms with Crippen molar-refractivity contribution in [1.29, 1.82) is 0 Å². The molecule has 0 amide bonds. The average molecular weight is 260 g/mol. The van der Waals surface area contributed by atoms with Crippen molar-refractivity contribution >= 4 is 17.3 Å². The lowest BCUT2D eigenvalue weighted by atomic mass is 10.3. The number of anilines is 3. The molecule has 4 N–H and O–H groups in total. The van der Waals surface area contributed by atoms with Gasteiger partial charge in [-0.2, -0.15) is 5.10 Å². The van der Waals surface area contributed by atoms with E-state index < -0.39 is 0 Å². The highest BCUT2D eigenvalue weighted by Gasteiger charge is 2.15. The summed E-state index contributed by atoms with van der Waals surface area (Å²) in [6.45, 7) is 3.08. The van der Waals surface area contributed by atoms with Gasteiger partial charge in [-0.1, -0.05) is 0 Å². The van der Waals surface area contributed by atoms with Crippen LogP contribution in [0, 0.1) is 0 Å². The fraction of sp³-hybridized carbons (Fsp3) is 0.333. The fourth-order valence-electron chi connectivity index (χ4n) is 2.11. The van der Waals surface area contributed by atoms with Gasteiger partial charge in [0.1, 0.15) is 11.6 Å². The van der Waals surface area contributed by atoms with Gasteiger partial charge in [-0.05, 0) is 0 Å². The average Bonchev–Trinajstić information content (AvgIpc) is 2.86. The molecule has 0 saturated carbocycles. The van der Waals surface area contributed by atoms with Gasteiger partial charge in [0, 0.05) is 25.2 Å². The van der Waals surface area contributed by atoms with Crippen molar-refractivity contribution in [2.75, 3.05) is 42.7 Å². The zero-order valence-corrected chi connectivity index (χ0v) is 10.5. The Kier molecular flexibility index (Phi) is 2.96. The number of nitrogens with two attached hydrogens (primary N) is 2. The maximum atomic E-state index is 5.96. The lowest BCUT2D eigenvalue weighted by Gasteiger charge is -2.28. The van der Waals surface area contributed by atoms with E-state index in [1.165, 1.54) is 0 Å². The number of rotatable bonds is 2. The first-order valence-corrected chi connectivity index (χ1v) is 6.14. The van der Waals surface area contributed by atoms with Gasteiger partial charge in [-0.15, -0.1) is 0 Å². The molecule has 0 aliphatic carbocycles. The standard InChI is InChI=1S/C12H16N6O/c13-9-8-15-12(17-3-5-19-6-4-17)7-10(9)18-11(14)1-2-16-18/h1-2,7-8H,3-6,13-14H2. The quantitative estimate of drug-likeness (QED) is 0.804. The van der Waals surface area contributed by atoms with E-state index in [9.17, 15) is 0 Å². The Labute approximate surface area is 110 Å². The number of pyridine rings is 1. The molecule has 2 aromatic heterocycles. The van der Waals surface area contributed by atoms with Crippen LogP contribution in [-0.2, 0) is 4.74 Å². The maximum absolute atomic E-state index is 5.96. The van der Waals surface area contributed by atoms with Crippen LogP contribution in [0.25, 0.3) is 5.69 Å². The molecular weight excluding hydrogens is 244 g/mol. The molecule has 0 radical (unpaired) electrons. The van der Waals surface area contributed by atoms with Crippen molar-refractivity contribution < 1.29 is 4.74 Å². The molecule has 2 aromatic rings. The van der Waals surface area contributed by atoms with E-state index >= 15 is 0 Å². The van der Waals surface area contributed by atoms with Crippen molar-refractivity contribution in [1.82, 2.24) is 14.8 Å². The van der Waals surface area contributed by atoms with Crippen LogP contribution in [0.5, 0.6) is 0 Å². The van der Waals surface area contributed by atoms with E-state index in [2.05, 4.69) is 15.0 Å². The largest absolute Gasteiger partial charge is 0.396 e. The summed E-state index contributed by atoms with van der Waals surface area (Å²) < 4.78 is 6.95. The van der Waals surface area contributed by atoms with Crippen LogP contribution in [0.4, 0.5) is 17.3 Å². The molecule has 0 spiro atoms.